The number of para-hydroxylation sites is 1. The molecule has 0 bridgehead atoms. The van der Waals surface area contributed by atoms with Crippen LogP contribution in [0.3, 0.4) is 0 Å². The van der Waals surface area contributed by atoms with E-state index < -0.39 is 0 Å². The van der Waals surface area contributed by atoms with Crippen molar-refractivity contribution in [3.05, 3.63) is 59.1 Å². The van der Waals surface area contributed by atoms with Crippen molar-refractivity contribution < 1.29 is 14.3 Å². The van der Waals surface area contributed by atoms with Crippen molar-refractivity contribution in [1.29, 1.82) is 0 Å². The molecule has 0 aliphatic carbocycles. The molecule has 0 spiro atoms. The molecule has 0 aliphatic heterocycles. The van der Waals surface area contributed by atoms with Crippen molar-refractivity contribution in [2.24, 2.45) is 0 Å². The average molecular weight is 339 g/mol. The maximum Gasteiger partial charge on any atom is 0.261 e. The first-order valence-electron chi connectivity index (χ1n) is 7.58. The van der Waals surface area contributed by atoms with E-state index in [9.17, 15) is 9.59 Å². The van der Waals surface area contributed by atoms with Crippen molar-refractivity contribution in [3.8, 4) is 11.5 Å². The summed E-state index contributed by atoms with van der Waals surface area (Å²) in [6.45, 7) is -0.143. The molecule has 1 N–H and O–H groups in total. The first-order chi connectivity index (χ1) is 12.1. The molecule has 128 valence electrons. The summed E-state index contributed by atoms with van der Waals surface area (Å²) in [6, 6.07) is 12.0. The summed E-state index contributed by atoms with van der Waals surface area (Å²) >= 11 is 0. The molecule has 7 heteroatoms. The van der Waals surface area contributed by atoms with E-state index in [0.717, 1.165) is 0 Å². The Bertz CT molecular complexity index is 959. The second-order valence-corrected chi connectivity index (χ2v) is 5.34. The van der Waals surface area contributed by atoms with Crippen molar-refractivity contribution in [2.75, 3.05) is 19.5 Å². The molecule has 3 aromatic rings. The van der Waals surface area contributed by atoms with Crippen molar-refractivity contribution in [1.82, 2.24) is 9.55 Å². The summed E-state index contributed by atoms with van der Waals surface area (Å²) in [5, 5.41) is 3.20. The lowest BCUT2D eigenvalue weighted by Gasteiger charge is -2.11. The normalized spacial score (nSPS) is 10.5. The van der Waals surface area contributed by atoms with Crippen molar-refractivity contribution in [2.45, 2.75) is 6.54 Å². The summed E-state index contributed by atoms with van der Waals surface area (Å²) < 4.78 is 11.6. The summed E-state index contributed by atoms with van der Waals surface area (Å²) in [6.07, 6.45) is 1.37. The van der Waals surface area contributed by atoms with E-state index in [1.807, 2.05) is 6.07 Å². The second kappa shape index (κ2) is 7.04. The van der Waals surface area contributed by atoms with Gasteiger partial charge in [-0.15, -0.1) is 0 Å². The molecule has 0 fully saturated rings. The lowest BCUT2D eigenvalue weighted by atomic mass is 10.2. The van der Waals surface area contributed by atoms with E-state index in [2.05, 4.69) is 10.3 Å². The Hall–Kier alpha value is -3.35. The molecule has 3 rings (SSSR count). The van der Waals surface area contributed by atoms with Crippen LogP contribution in [0.1, 0.15) is 0 Å². The molecule has 0 unspecified atom stereocenters. The third-order valence-electron chi connectivity index (χ3n) is 3.68. The van der Waals surface area contributed by atoms with Crippen LogP contribution < -0.4 is 20.3 Å². The molecule has 0 aliphatic rings. The maximum absolute atomic E-state index is 12.4. The molecule has 1 aromatic heterocycles. The van der Waals surface area contributed by atoms with Gasteiger partial charge in [0.05, 0.1) is 31.4 Å². The SMILES string of the molecule is COc1cc(NC(=O)Cn2cnc3ccccc3c2=O)cc(OC)c1. The van der Waals surface area contributed by atoms with Crippen molar-refractivity contribution >= 4 is 22.5 Å². The van der Waals surface area contributed by atoms with Crippen LogP contribution in [0.5, 0.6) is 11.5 Å². The molecule has 2 aromatic carbocycles. The summed E-state index contributed by atoms with van der Waals surface area (Å²) in [5.41, 5.74) is 0.855. The number of methoxy groups -OCH3 is 2. The van der Waals surface area contributed by atoms with E-state index in [1.165, 1.54) is 25.1 Å². The Balaban J connectivity index is 1.81. The molecular formula is C18H17N3O4. The number of amides is 1. The molecule has 0 atom stereocenters. The molecule has 1 amide bonds. The highest BCUT2D eigenvalue weighted by molar-refractivity contribution is 5.91. The lowest BCUT2D eigenvalue weighted by Crippen LogP contribution is -2.27. The number of nitrogens with zero attached hydrogens (tertiary/aromatic N) is 2. The van der Waals surface area contributed by atoms with E-state index in [0.29, 0.717) is 28.1 Å². The maximum atomic E-state index is 12.4. The van der Waals surface area contributed by atoms with Gasteiger partial charge in [0, 0.05) is 23.9 Å². The van der Waals surface area contributed by atoms with Gasteiger partial charge in [0.1, 0.15) is 18.0 Å². The summed E-state index contributed by atoms with van der Waals surface area (Å²) in [7, 11) is 3.06. The van der Waals surface area contributed by atoms with Gasteiger partial charge in [-0.1, -0.05) is 12.1 Å². The Morgan fingerprint density at radius 3 is 2.48 bits per heavy atom. The molecule has 0 saturated heterocycles. The monoisotopic (exact) mass is 339 g/mol. The van der Waals surface area contributed by atoms with Gasteiger partial charge in [0.15, 0.2) is 0 Å². The van der Waals surface area contributed by atoms with Crippen molar-refractivity contribution in [3.63, 3.8) is 0 Å². The Kier molecular flexibility index (Phi) is 4.65. The fraction of sp³-hybridized carbons (Fsp3) is 0.167. The first kappa shape index (κ1) is 16.5. The molecule has 1 heterocycles. The molecular weight excluding hydrogens is 322 g/mol. The minimum atomic E-state index is -0.352. The standard InChI is InChI=1S/C18H17N3O4/c1-24-13-7-12(8-14(9-13)25-2)20-17(22)10-21-11-19-16-6-4-3-5-15(16)18(21)23/h3-9,11H,10H2,1-2H3,(H,20,22). The highest BCUT2D eigenvalue weighted by Gasteiger charge is 2.10. The van der Waals surface area contributed by atoms with Gasteiger partial charge in [0.2, 0.25) is 5.91 Å². The fourth-order valence-electron chi connectivity index (χ4n) is 2.45. The zero-order chi connectivity index (χ0) is 17.8. The predicted octanol–water partition coefficient (Wildman–Crippen LogP) is 2.05. The van der Waals surface area contributed by atoms with E-state index >= 15 is 0 Å². The molecule has 0 saturated carbocycles. The first-order valence-corrected chi connectivity index (χ1v) is 7.58. The van der Waals surface area contributed by atoms with Gasteiger partial charge in [-0.05, 0) is 12.1 Å². The van der Waals surface area contributed by atoms with Gasteiger partial charge in [-0.3, -0.25) is 14.2 Å². The Morgan fingerprint density at radius 2 is 1.80 bits per heavy atom. The fourth-order valence-corrected chi connectivity index (χ4v) is 2.45. The third kappa shape index (κ3) is 3.60. The number of ether oxygens (including phenoxy) is 2. The zero-order valence-corrected chi connectivity index (χ0v) is 13.9. The van der Waals surface area contributed by atoms with E-state index in [4.69, 9.17) is 9.47 Å². The average Bonchev–Trinajstić information content (AvgIpc) is 2.63. The highest BCUT2D eigenvalue weighted by Crippen LogP contribution is 2.25. The van der Waals surface area contributed by atoms with Gasteiger partial charge < -0.3 is 14.8 Å². The number of aromatic nitrogens is 2. The molecule has 25 heavy (non-hydrogen) atoms. The number of fused-ring (bicyclic) bond motifs is 1. The minimum absolute atomic E-state index is 0.143. The highest BCUT2D eigenvalue weighted by atomic mass is 16.5. The number of benzene rings is 2. The lowest BCUT2D eigenvalue weighted by molar-refractivity contribution is -0.116. The smallest absolute Gasteiger partial charge is 0.261 e. The predicted molar refractivity (Wildman–Crippen MR) is 94.2 cm³/mol. The quantitative estimate of drug-likeness (QED) is 0.769. The van der Waals surface area contributed by atoms with Crippen LogP contribution >= 0.6 is 0 Å². The van der Waals surface area contributed by atoms with Gasteiger partial charge in [-0.2, -0.15) is 0 Å². The van der Waals surface area contributed by atoms with Gasteiger partial charge >= 0.3 is 0 Å². The Labute approximate surface area is 143 Å². The number of anilines is 1. The summed E-state index contributed by atoms with van der Waals surface area (Å²) in [4.78, 5) is 28.9. The van der Waals surface area contributed by atoms with Gasteiger partial charge in [-0.25, -0.2) is 4.98 Å². The second-order valence-electron chi connectivity index (χ2n) is 5.34. The van der Waals surface area contributed by atoms with Crippen LogP contribution in [0.4, 0.5) is 5.69 Å². The number of nitrogens with one attached hydrogen (secondary N) is 1. The van der Waals surface area contributed by atoms with Gasteiger partial charge in [0.25, 0.3) is 5.56 Å². The van der Waals surface area contributed by atoms with E-state index in [-0.39, 0.29) is 18.0 Å². The largest absolute Gasteiger partial charge is 0.497 e. The van der Waals surface area contributed by atoms with Crippen LogP contribution in [0.25, 0.3) is 10.9 Å². The van der Waals surface area contributed by atoms with E-state index in [1.54, 1.807) is 36.4 Å². The number of hydrogen-bond acceptors (Lipinski definition) is 5. The van der Waals surface area contributed by atoms with Crippen LogP contribution in [0.2, 0.25) is 0 Å². The van der Waals surface area contributed by atoms with Crippen LogP contribution in [-0.2, 0) is 11.3 Å². The number of carbonyl (C=O) groups is 1. The summed E-state index contributed by atoms with van der Waals surface area (Å²) in [5.74, 6) is 0.757. The Morgan fingerprint density at radius 1 is 1.12 bits per heavy atom. The van der Waals surface area contributed by atoms with Crippen LogP contribution in [-0.4, -0.2) is 29.7 Å². The minimum Gasteiger partial charge on any atom is -0.497 e. The zero-order valence-electron chi connectivity index (χ0n) is 13.9. The van der Waals surface area contributed by atoms with Crippen LogP contribution in [0.15, 0.2) is 53.6 Å². The topological polar surface area (TPSA) is 82.5 Å². The third-order valence-corrected chi connectivity index (χ3v) is 3.68. The number of hydrogen-bond donors (Lipinski definition) is 1. The number of rotatable bonds is 5. The molecule has 7 nitrogen and oxygen atoms in total. The number of carbonyl (C=O) groups excluding carboxylic acids is 1. The molecule has 0 radical (unpaired) electrons. The van der Waals surface area contributed by atoms with Crippen LogP contribution in [0, 0.1) is 0 Å².